The third-order valence-corrected chi connectivity index (χ3v) is 6.26. The van der Waals surface area contributed by atoms with E-state index in [-0.39, 0.29) is 17.5 Å². The minimum Gasteiger partial charge on any atom is -0.481 e. The summed E-state index contributed by atoms with van der Waals surface area (Å²) >= 11 is 0. The number of nitrogens with zero attached hydrogens (tertiary/aromatic N) is 1. The van der Waals surface area contributed by atoms with Crippen molar-refractivity contribution in [3.05, 3.63) is 70.8 Å². The molecule has 0 saturated carbocycles. The predicted molar refractivity (Wildman–Crippen MR) is 111 cm³/mol. The standard InChI is InChI=1S/C24H27F4NO3/c25-19-7-5-17(14-21(19)27)24(32,18-6-8-20(26)22(28)15-18)16-9-12-29(13-10-16)11-3-1-2-4-23(30)31/h5-8,14-16,32H,1-4,9-13H2,(H,30,31). The number of hydrogen-bond donors (Lipinski definition) is 2. The summed E-state index contributed by atoms with van der Waals surface area (Å²) in [5.41, 5.74) is -1.62. The molecule has 1 fully saturated rings. The van der Waals surface area contributed by atoms with E-state index < -0.39 is 40.8 Å². The number of hydrogen-bond acceptors (Lipinski definition) is 3. The highest BCUT2D eigenvalue weighted by atomic mass is 19.2. The van der Waals surface area contributed by atoms with Crippen molar-refractivity contribution in [3.8, 4) is 0 Å². The number of aliphatic hydroxyl groups is 1. The number of rotatable bonds is 9. The van der Waals surface area contributed by atoms with Crippen molar-refractivity contribution in [1.29, 1.82) is 0 Å². The molecule has 1 aliphatic rings. The van der Waals surface area contributed by atoms with Crippen molar-refractivity contribution in [2.45, 2.75) is 44.1 Å². The monoisotopic (exact) mass is 453 g/mol. The second-order valence-electron chi connectivity index (χ2n) is 8.34. The van der Waals surface area contributed by atoms with E-state index in [1.54, 1.807) is 0 Å². The molecule has 0 amide bonds. The van der Waals surface area contributed by atoms with Gasteiger partial charge < -0.3 is 15.1 Å². The second kappa shape index (κ2) is 10.4. The van der Waals surface area contributed by atoms with Crippen LogP contribution in [0.25, 0.3) is 0 Å². The second-order valence-corrected chi connectivity index (χ2v) is 8.34. The zero-order valence-corrected chi connectivity index (χ0v) is 17.7. The average Bonchev–Trinajstić information content (AvgIpc) is 2.77. The molecule has 32 heavy (non-hydrogen) atoms. The van der Waals surface area contributed by atoms with Crippen LogP contribution in [0.4, 0.5) is 17.6 Å². The minimum absolute atomic E-state index is 0.0922. The molecule has 174 valence electrons. The fourth-order valence-corrected chi connectivity index (χ4v) is 4.47. The van der Waals surface area contributed by atoms with Gasteiger partial charge in [-0.1, -0.05) is 18.6 Å². The summed E-state index contributed by atoms with van der Waals surface area (Å²) in [7, 11) is 0. The van der Waals surface area contributed by atoms with Gasteiger partial charge in [-0.2, -0.15) is 0 Å². The highest BCUT2D eigenvalue weighted by Crippen LogP contribution is 2.42. The van der Waals surface area contributed by atoms with Gasteiger partial charge in [0.2, 0.25) is 0 Å². The summed E-state index contributed by atoms with van der Waals surface area (Å²) in [5, 5.41) is 20.4. The molecule has 0 bridgehead atoms. The number of likely N-dealkylation sites (tertiary alicyclic amines) is 1. The molecule has 0 aromatic heterocycles. The fraction of sp³-hybridized carbons (Fsp3) is 0.458. The molecular formula is C24H27F4NO3. The lowest BCUT2D eigenvalue weighted by Crippen LogP contribution is -2.44. The molecule has 2 aromatic carbocycles. The molecule has 1 aliphatic heterocycles. The lowest BCUT2D eigenvalue weighted by molar-refractivity contribution is -0.137. The molecule has 1 heterocycles. The van der Waals surface area contributed by atoms with Crippen LogP contribution < -0.4 is 0 Å². The quantitative estimate of drug-likeness (QED) is 0.422. The van der Waals surface area contributed by atoms with E-state index in [2.05, 4.69) is 4.90 Å². The summed E-state index contributed by atoms with van der Waals surface area (Å²) in [6.07, 6.45) is 3.47. The summed E-state index contributed by atoms with van der Waals surface area (Å²) < 4.78 is 55.0. The van der Waals surface area contributed by atoms with E-state index in [4.69, 9.17) is 5.11 Å². The van der Waals surface area contributed by atoms with Gasteiger partial charge in [0.1, 0.15) is 5.60 Å². The Morgan fingerprint density at radius 1 is 0.875 bits per heavy atom. The first-order valence-electron chi connectivity index (χ1n) is 10.8. The Morgan fingerprint density at radius 3 is 1.88 bits per heavy atom. The molecule has 0 unspecified atom stereocenters. The number of carbonyl (C=O) groups is 1. The first-order valence-corrected chi connectivity index (χ1v) is 10.8. The Kier molecular flexibility index (Phi) is 7.90. The maximum atomic E-state index is 14.0. The summed E-state index contributed by atoms with van der Waals surface area (Å²) in [5.74, 6) is -5.58. The summed E-state index contributed by atoms with van der Waals surface area (Å²) in [6.45, 7) is 2.07. The lowest BCUT2D eigenvalue weighted by atomic mass is 9.72. The van der Waals surface area contributed by atoms with Crippen LogP contribution in [0.1, 0.15) is 49.7 Å². The topological polar surface area (TPSA) is 60.8 Å². The van der Waals surface area contributed by atoms with Gasteiger partial charge in [-0.25, -0.2) is 17.6 Å². The van der Waals surface area contributed by atoms with Gasteiger partial charge in [-0.05, 0) is 86.6 Å². The maximum absolute atomic E-state index is 14.0. The Morgan fingerprint density at radius 2 is 1.41 bits per heavy atom. The first-order chi connectivity index (χ1) is 15.2. The van der Waals surface area contributed by atoms with Crippen LogP contribution in [0.2, 0.25) is 0 Å². The molecule has 8 heteroatoms. The Bertz CT molecular complexity index is 893. The highest BCUT2D eigenvalue weighted by molar-refractivity contribution is 5.66. The Balaban J connectivity index is 1.76. The third kappa shape index (κ3) is 5.48. The Hall–Kier alpha value is -2.45. The van der Waals surface area contributed by atoms with E-state index in [1.165, 1.54) is 12.1 Å². The van der Waals surface area contributed by atoms with Gasteiger partial charge in [0.05, 0.1) is 0 Å². The SMILES string of the molecule is O=C(O)CCCCCN1CCC(C(O)(c2ccc(F)c(F)c2)c2ccc(F)c(F)c2)CC1. The smallest absolute Gasteiger partial charge is 0.303 e. The summed E-state index contributed by atoms with van der Waals surface area (Å²) in [4.78, 5) is 12.8. The van der Waals surface area contributed by atoms with E-state index in [1.807, 2.05) is 0 Å². The average molecular weight is 453 g/mol. The fourth-order valence-electron chi connectivity index (χ4n) is 4.47. The molecule has 4 nitrogen and oxygen atoms in total. The van der Waals surface area contributed by atoms with Crippen LogP contribution in [-0.2, 0) is 10.4 Å². The minimum atomic E-state index is -1.81. The molecule has 0 aliphatic carbocycles. The van der Waals surface area contributed by atoms with E-state index in [0.29, 0.717) is 32.4 Å². The van der Waals surface area contributed by atoms with Crippen LogP contribution in [0, 0.1) is 29.2 Å². The molecule has 2 aromatic rings. The van der Waals surface area contributed by atoms with Crippen molar-refractivity contribution in [2.24, 2.45) is 5.92 Å². The molecule has 2 N–H and O–H groups in total. The zero-order chi connectivity index (χ0) is 23.3. The number of aliphatic carboxylic acids is 1. The first kappa shape index (κ1) is 24.2. The van der Waals surface area contributed by atoms with Crippen molar-refractivity contribution in [2.75, 3.05) is 19.6 Å². The van der Waals surface area contributed by atoms with Gasteiger partial charge in [-0.3, -0.25) is 4.79 Å². The number of carboxylic acid groups (broad SMARTS) is 1. The molecule has 1 saturated heterocycles. The van der Waals surface area contributed by atoms with Crippen LogP contribution in [0.5, 0.6) is 0 Å². The molecule has 0 atom stereocenters. The van der Waals surface area contributed by atoms with Gasteiger partial charge >= 0.3 is 5.97 Å². The van der Waals surface area contributed by atoms with E-state index in [0.717, 1.165) is 43.7 Å². The van der Waals surface area contributed by atoms with Gasteiger partial charge in [-0.15, -0.1) is 0 Å². The molecular weight excluding hydrogens is 426 g/mol. The van der Waals surface area contributed by atoms with Crippen LogP contribution >= 0.6 is 0 Å². The zero-order valence-electron chi connectivity index (χ0n) is 17.7. The van der Waals surface area contributed by atoms with Crippen LogP contribution in [-0.4, -0.2) is 40.7 Å². The normalized spacial score (nSPS) is 15.8. The number of carboxylic acids is 1. The molecule has 3 rings (SSSR count). The number of unbranched alkanes of at least 4 members (excludes halogenated alkanes) is 2. The predicted octanol–water partition coefficient (Wildman–Crippen LogP) is 4.84. The van der Waals surface area contributed by atoms with E-state index in [9.17, 15) is 27.5 Å². The van der Waals surface area contributed by atoms with Crippen LogP contribution in [0.3, 0.4) is 0 Å². The Labute approximate surface area is 184 Å². The summed E-state index contributed by atoms with van der Waals surface area (Å²) in [6, 6.07) is 6.20. The van der Waals surface area contributed by atoms with Gasteiger partial charge in [0.25, 0.3) is 0 Å². The maximum Gasteiger partial charge on any atom is 0.303 e. The number of halogens is 4. The molecule has 0 radical (unpaired) electrons. The van der Waals surface area contributed by atoms with Crippen molar-refractivity contribution in [1.82, 2.24) is 4.90 Å². The van der Waals surface area contributed by atoms with Crippen LogP contribution in [0.15, 0.2) is 36.4 Å². The van der Waals surface area contributed by atoms with Crippen molar-refractivity contribution in [3.63, 3.8) is 0 Å². The highest BCUT2D eigenvalue weighted by Gasteiger charge is 2.42. The number of benzene rings is 2. The van der Waals surface area contributed by atoms with Crippen molar-refractivity contribution >= 4 is 5.97 Å². The van der Waals surface area contributed by atoms with Crippen molar-refractivity contribution < 1.29 is 32.6 Å². The number of piperidine rings is 1. The van der Waals surface area contributed by atoms with E-state index >= 15 is 0 Å². The molecule has 0 spiro atoms. The van der Waals surface area contributed by atoms with Gasteiger partial charge in [0.15, 0.2) is 23.3 Å². The largest absolute Gasteiger partial charge is 0.481 e. The van der Waals surface area contributed by atoms with Gasteiger partial charge in [0, 0.05) is 6.42 Å². The lowest BCUT2D eigenvalue weighted by Gasteiger charge is -2.42. The third-order valence-electron chi connectivity index (χ3n) is 6.26.